The van der Waals surface area contributed by atoms with Crippen LogP contribution < -0.4 is 0 Å². The highest BCUT2D eigenvalue weighted by Gasteiger charge is 2.47. The quantitative estimate of drug-likeness (QED) is 0.163. The van der Waals surface area contributed by atoms with E-state index in [0.29, 0.717) is 0 Å². The van der Waals surface area contributed by atoms with E-state index in [9.17, 15) is 0 Å². The molecular weight excluding hydrogens is 783 g/mol. The predicted molar refractivity (Wildman–Crippen MR) is 271 cm³/mol. The normalized spacial score (nSPS) is 14.4. The van der Waals surface area contributed by atoms with Gasteiger partial charge in [-0.15, -0.1) is 0 Å². The zero-order valence-electron chi connectivity index (χ0n) is 35.6. The minimum Gasteiger partial charge on any atom is -0.309 e. The van der Waals surface area contributed by atoms with Crippen LogP contribution in [0.2, 0.25) is 0 Å². The SMILES string of the molecule is c1ccc(C2(c3ccccc3)c3ccccc3-c3cc4c(cc32)C(c2cccc3ccccc23)c2ccc(-c3ccc5c(c3)c3ccccc3n5-c3cccc5ccccc35)cc2-4)cc1. The van der Waals surface area contributed by atoms with Crippen molar-refractivity contribution in [2.45, 2.75) is 11.3 Å². The molecule has 0 N–H and O–H groups in total. The van der Waals surface area contributed by atoms with Gasteiger partial charge < -0.3 is 4.57 Å². The van der Waals surface area contributed by atoms with E-state index >= 15 is 0 Å². The fraction of sp³-hybridized carbons (Fsp3) is 0.0312. The number of nitrogens with zero attached hydrogens (tertiary/aromatic N) is 1. The molecule has 0 amide bonds. The van der Waals surface area contributed by atoms with Crippen molar-refractivity contribution in [2.75, 3.05) is 0 Å². The second-order valence-electron chi connectivity index (χ2n) is 17.9. The largest absolute Gasteiger partial charge is 0.309 e. The van der Waals surface area contributed by atoms with E-state index in [-0.39, 0.29) is 5.92 Å². The molecule has 1 nitrogen and oxygen atoms in total. The lowest BCUT2D eigenvalue weighted by atomic mass is 9.67. The second-order valence-corrected chi connectivity index (χ2v) is 17.9. The lowest BCUT2D eigenvalue weighted by Gasteiger charge is -2.34. The highest BCUT2D eigenvalue weighted by molar-refractivity contribution is 6.12. The fourth-order valence-electron chi connectivity index (χ4n) is 12.0. The van der Waals surface area contributed by atoms with Gasteiger partial charge in [0.05, 0.1) is 22.1 Å². The van der Waals surface area contributed by atoms with Gasteiger partial charge in [0, 0.05) is 22.1 Å². The molecule has 0 spiro atoms. The Morgan fingerprint density at radius 1 is 0.308 bits per heavy atom. The number of hydrogen-bond acceptors (Lipinski definition) is 0. The van der Waals surface area contributed by atoms with Crippen LogP contribution in [0.3, 0.4) is 0 Å². The van der Waals surface area contributed by atoms with Crippen LogP contribution >= 0.6 is 0 Å². The Labute approximate surface area is 378 Å². The van der Waals surface area contributed by atoms with Crippen LogP contribution in [0.1, 0.15) is 44.9 Å². The molecule has 1 heteroatoms. The van der Waals surface area contributed by atoms with Crippen molar-refractivity contribution in [2.24, 2.45) is 0 Å². The van der Waals surface area contributed by atoms with Gasteiger partial charge in [-0.3, -0.25) is 0 Å². The summed E-state index contributed by atoms with van der Waals surface area (Å²) < 4.78 is 2.45. The fourth-order valence-corrected chi connectivity index (χ4v) is 12.0. The molecule has 0 radical (unpaired) electrons. The average molecular weight is 824 g/mol. The lowest BCUT2D eigenvalue weighted by Crippen LogP contribution is -2.28. The molecule has 302 valence electrons. The van der Waals surface area contributed by atoms with Crippen LogP contribution in [0.25, 0.3) is 82.4 Å². The number of hydrogen-bond donors (Lipinski definition) is 0. The van der Waals surface area contributed by atoms with E-state index in [0.717, 1.165) is 0 Å². The molecule has 1 atom stereocenters. The Morgan fingerprint density at radius 3 is 1.69 bits per heavy atom. The maximum Gasteiger partial charge on any atom is 0.0713 e. The molecule has 2 aliphatic carbocycles. The van der Waals surface area contributed by atoms with Crippen molar-refractivity contribution in [3.63, 3.8) is 0 Å². The first-order valence-electron chi connectivity index (χ1n) is 22.8. The van der Waals surface area contributed by atoms with Gasteiger partial charge in [-0.1, -0.05) is 206 Å². The van der Waals surface area contributed by atoms with Crippen molar-refractivity contribution < 1.29 is 0 Å². The topological polar surface area (TPSA) is 4.93 Å². The van der Waals surface area contributed by atoms with Crippen molar-refractivity contribution in [1.82, 2.24) is 4.57 Å². The Balaban J connectivity index is 1.01. The summed E-state index contributed by atoms with van der Waals surface area (Å²) in [4.78, 5) is 0. The van der Waals surface area contributed by atoms with Gasteiger partial charge in [0.1, 0.15) is 0 Å². The van der Waals surface area contributed by atoms with Crippen LogP contribution in [0.15, 0.2) is 243 Å². The molecule has 0 saturated carbocycles. The van der Waals surface area contributed by atoms with Crippen LogP contribution in [-0.2, 0) is 5.41 Å². The molecule has 1 unspecified atom stereocenters. The van der Waals surface area contributed by atoms with Gasteiger partial charge in [0.15, 0.2) is 0 Å². The third-order valence-electron chi connectivity index (χ3n) is 14.7. The molecular formula is C64H41N. The van der Waals surface area contributed by atoms with Gasteiger partial charge in [-0.2, -0.15) is 0 Å². The summed E-state index contributed by atoms with van der Waals surface area (Å²) in [5.74, 6) is 0.0551. The van der Waals surface area contributed by atoms with Gasteiger partial charge in [-0.05, 0) is 125 Å². The monoisotopic (exact) mass is 823 g/mol. The molecule has 0 saturated heterocycles. The summed E-state index contributed by atoms with van der Waals surface area (Å²) in [6.45, 7) is 0. The molecule has 0 aliphatic heterocycles. The average Bonchev–Trinajstić information content (AvgIpc) is 3.99. The number of para-hydroxylation sites is 1. The van der Waals surface area contributed by atoms with Crippen LogP contribution in [0.4, 0.5) is 0 Å². The third-order valence-corrected chi connectivity index (χ3v) is 14.7. The van der Waals surface area contributed by atoms with E-state index in [2.05, 4.69) is 247 Å². The van der Waals surface area contributed by atoms with E-state index in [1.54, 1.807) is 0 Å². The van der Waals surface area contributed by atoms with Gasteiger partial charge in [0.25, 0.3) is 0 Å². The number of aromatic nitrogens is 1. The smallest absolute Gasteiger partial charge is 0.0713 e. The molecule has 12 aromatic rings. The molecule has 1 aromatic heterocycles. The molecule has 11 aromatic carbocycles. The number of fused-ring (bicyclic) bond motifs is 11. The first-order chi connectivity index (χ1) is 32.3. The van der Waals surface area contributed by atoms with Gasteiger partial charge in [0.2, 0.25) is 0 Å². The highest BCUT2D eigenvalue weighted by Crippen LogP contribution is 2.60. The van der Waals surface area contributed by atoms with E-state index < -0.39 is 5.41 Å². The van der Waals surface area contributed by atoms with Crippen molar-refractivity contribution >= 4 is 43.4 Å². The zero-order valence-corrected chi connectivity index (χ0v) is 35.6. The van der Waals surface area contributed by atoms with E-state index in [1.165, 1.54) is 121 Å². The van der Waals surface area contributed by atoms with Crippen molar-refractivity contribution in [3.8, 4) is 39.1 Å². The summed E-state index contributed by atoms with van der Waals surface area (Å²) in [5, 5.41) is 7.58. The van der Waals surface area contributed by atoms with Crippen LogP contribution in [-0.4, -0.2) is 4.57 Å². The van der Waals surface area contributed by atoms with Crippen molar-refractivity contribution in [1.29, 1.82) is 0 Å². The molecule has 14 rings (SSSR count). The highest BCUT2D eigenvalue weighted by atomic mass is 15.0. The number of rotatable bonds is 5. The summed E-state index contributed by atoms with van der Waals surface area (Å²) in [7, 11) is 0. The molecule has 65 heavy (non-hydrogen) atoms. The maximum atomic E-state index is 2.60. The van der Waals surface area contributed by atoms with E-state index in [1.807, 2.05) is 0 Å². The minimum atomic E-state index is -0.479. The minimum absolute atomic E-state index is 0.0551. The second kappa shape index (κ2) is 13.9. The lowest BCUT2D eigenvalue weighted by molar-refractivity contribution is 0.766. The van der Waals surface area contributed by atoms with Gasteiger partial charge in [-0.25, -0.2) is 0 Å². The first-order valence-corrected chi connectivity index (χ1v) is 22.8. The Bertz CT molecular complexity index is 3840. The summed E-state index contributed by atoms with van der Waals surface area (Å²) in [5.41, 5.74) is 20.2. The molecule has 2 aliphatic rings. The summed E-state index contributed by atoms with van der Waals surface area (Å²) >= 11 is 0. The summed E-state index contributed by atoms with van der Waals surface area (Å²) in [6, 6.07) is 91.0. The van der Waals surface area contributed by atoms with Crippen LogP contribution in [0.5, 0.6) is 0 Å². The number of benzene rings is 11. The van der Waals surface area contributed by atoms with Gasteiger partial charge >= 0.3 is 0 Å². The van der Waals surface area contributed by atoms with E-state index in [4.69, 9.17) is 0 Å². The predicted octanol–water partition coefficient (Wildman–Crippen LogP) is 16.3. The molecule has 0 fully saturated rings. The molecule has 0 bridgehead atoms. The Morgan fingerprint density at radius 2 is 0.892 bits per heavy atom. The maximum absolute atomic E-state index is 2.60. The first kappa shape index (κ1) is 36.2. The zero-order chi connectivity index (χ0) is 42.6. The summed E-state index contributed by atoms with van der Waals surface area (Å²) in [6.07, 6.45) is 0. The Kier molecular flexibility index (Phi) is 7.73. The molecule has 1 heterocycles. The Hall–Kier alpha value is -8.26. The third kappa shape index (κ3) is 5.10. The van der Waals surface area contributed by atoms with Crippen molar-refractivity contribution in [3.05, 3.63) is 282 Å². The van der Waals surface area contributed by atoms with Crippen LogP contribution in [0, 0.1) is 0 Å². The standard InChI is InChI=1S/C64H41N/c1-3-21-45(22-4-1)64(46-23-5-2-6-24-46)58-30-13-11-27-49(58)55-39-54-53-37-43(33-35-52(53)63(57(54)40-59(55)64)51-29-15-19-41-17-7-9-25-47(41)51)44-34-36-62-56(38-44)50-28-12-14-31-61(50)65(62)60-32-16-20-42-18-8-10-26-48(42)60/h1-40,63H.